The van der Waals surface area contributed by atoms with E-state index in [9.17, 15) is 9.59 Å². The lowest BCUT2D eigenvalue weighted by Gasteiger charge is -2.09. The van der Waals surface area contributed by atoms with Gasteiger partial charge in [0, 0.05) is 6.20 Å². The van der Waals surface area contributed by atoms with Crippen LogP contribution in [0.4, 0.5) is 11.4 Å². The van der Waals surface area contributed by atoms with Gasteiger partial charge in [-0.2, -0.15) is 0 Å². The van der Waals surface area contributed by atoms with Crippen LogP contribution in [0.3, 0.4) is 0 Å². The summed E-state index contributed by atoms with van der Waals surface area (Å²) in [6, 6.07) is 8.23. The van der Waals surface area contributed by atoms with E-state index in [1.54, 1.807) is 12.1 Å². The van der Waals surface area contributed by atoms with Crippen LogP contribution >= 0.6 is 0 Å². The Kier molecular flexibility index (Phi) is 3.65. The number of nitrogen functional groups attached to an aromatic ring is 1. The molecule has 6 nitrogen and oxygen atoms in total. The van der Waals surface area contributed by atoms with Crippen molar-refractivity contribution in [2.45, 2.75) is 6.92 Å². The van der Waals surface area contributed by atoms with E-state index in [1.165, 1.54) is 18.3 Å². The Morgan fingerprint density at radius 3 is 2.55 bits per heavy atom. The second-order valence-corrected chi connectivity index (χ2v) is 4.34. The Hall–Kier alpha value is -2.89. The van der Waals surface area contributed by atoms with Crippen molar-refractivity contribution in [1.82, 2.24) is 4.98 Å². The van der Waals surface area contributed by atoms with Crippen LogP contribution in [0, 0.1) is 6.92 Å². The van der Waals surface area contributed by atoms with Gasteiger partial charge in [0.05, 0.1) is 16.9 Å². The Morgan fingerprint density at radius 2 is 1.95 bits per heavy atom. The third-order valence-electron chi connectivity index (χ3n) is 2.74. The molecule has 6 heteroatoms. The van der Waals surface area contributed by atoms with E-state index in [1.807, 2.05) is 13.0 Å². The molecule has 2 amide bonds. The first kappa shape index (κ1) is 13.5. The number of nitrogens with two attached hydrogens (primary N) is 2. The molecule has 20 heavy (non-hydrogen) atoms. The van der Waals surface area contributed by atoms with E-state index in [4.69, 9.17) is 11.5 Å². The second-order valence-electron chi connectivity index (χ2n) is 4.34. The van der Waals surface area contributed by atoms with Gasteiger partial charge in [-0.15, -0.1) is 0 Å². The molecule has 1 heterocycles. The largest absolute Gasteiger partial charge is 0.397 e. The summed E-state index contributed by atoms with van der Waals surface area (Å²) in [5, 5.41) is 2.70. The van der Waals surface area contributed by atoms with Crippen molar-refractivity contribution < 1.29 is 9.59 Å². The molecule has 0 saturated heterocycles. The minimum Gasteiger partial charge on any atom is -0.397 e. The van der Waals surface area contributed by atoms with Gasteiger partial charge in [-0.3, -0.25) is 14.6 Å². The number of nitrogens with one attached hydrogen (secondary N) is 1. The van der Waals surface area contributed by atoms with Crippen molar-refractivity contribution in [1.29, 1.82) is 0 Å². The van der Waals surface area contributed by atoms with E-state index in [0.29, 0.717) is 16.9 Å². The van der Waals surface area contributed by atoms with Crippen molar-refractivity contribution in [3.8, 4) is 0 Å². The predicted molar refractivity (Wildman–Crippen MR) is 76.3 cm³/mol. The quantitative estimate of drug-likeness (QED) is 0.730. The number of anilines is 2. The third kappa shape index (κ3) is 2.92. The summed E-state index contributed by atoms with van der Waals surface area (Å²) >= 11 is 0. The van der Waals surface area contributed by atoms with Gasteiger partial charge in [-0.1, -0.05) is 6.07 Å². The van der Waals surface area contributed by atoms with Gasteiger partial charge in [0.15, 0.2) is 0 Å². The Morgan fingerprint density at radius 1 is 1.20 bits per heavy atom. The smallest absolute Gasteiger partial charge is 0.267 e. The summed E-state index contributed by atoms with van der Waals surface area (Å²) in [7, 11) is 0. The lowest BCUT2D eigenvalue weighted by molar-refractivity contribution is 0.0990. The van der Waals surface area contributed by atoms with E-state index >= 15 is 0 Å². The van der Waals surface area contributed by atoms with Crippen molar-refractivity contribution in [2.75, 3.05) is 11.1 Å². The summed E-state index contributed by atoms with van der Waals surface area (Å²) in [6.07, 6.45) is 1.29. The Labute approximate surface area is 115 Å². The summed E-state index contributed by atoms with van der Waals surface area (Å²) in [4.78, 5) is 26.7. The van der Waals surface area contributed by atoms with Crippen LogP contribution in [0.1, 0.15) is 26.4 Å². The maximum atomic E-state index is 12.0. The highest BCUT2D eigenvalue weighted by Gasteiger charge is 2.10. The number of hydrogen-bond donors (Lipinski definition) is 3. The number of aryl methyl sites for hydroxylation is 1. The van der Waals surface area contributed by atoms with Crippen molar-refractivity contribution in [3.05, 3.63) is 53.3 Å². The molecule has 0 spiro atoms. The highest BCUT2D eigenvalue weighted by atomic mass is 16.2. The molecular formula is C14H14N4O2. The molecule has 0 bridgehead atoms. The molecule has 0 atom stereocenters. The van der Waals surface area contributed by atoms with Crippen molar-refractivity contribution in [3.63, 3.8) is 0 Å². The maximum absolute atomic E-state index is 12.0. The second kappa shape index (κ2) is 5.40. The number of carbonyl (C=O) groups is 2. The average Bonchev–Trinajstić information content (AvgIpc) is 2.43. The molecule has 1 aromatic heterocycles. The summed E-state index contributed by atoms with van der Waals surface area (Å²) in [6.45, 7) is 1.90. The van der Waals surface area contributed by atoms with E-state index < -0.39 is 5.91 Å². The highest BCUT2D eigenvalue weighted by molar-refractivity contribution is 6.06. The molecule has 0 aliphatic carbocycles. The third-order valence-corrected chi connectivity index (χ3v) is 2.74. The molecule has 102 valence electrons. The first-order valence-corrected chi connectivity index (χ1v) is 5.90. The number of aromatic nitrogens is 1. The van der Waals surface area contributed by atoms with Gasteiger partial charge in [0.25, 0.3) is 11.8 Å². The number of nitrogens with zero attached hydrogens (tertiary/aromatic N) is 1. The van der Waals surface area contributed by atoms with Crippen molar-refractivity contribution >= 4 is 23.2 Å². The molecule has 0 aliphatic rings. The normalized spacial score (nSPS) is 10.1. The molecule has 0 unspecified atom stereocenters. The van der Waals surface area contributed by atoms with Crippen molar-refractivity contribution in [2.24, 2.45) is 5.73 Å². The van der Waals surface area contributed by atoms with Crippen LogP contribution in [-0.4, -0.2) is 16.8 Å². The number of primary amides is 1. The highest BCUT2D eigenvalue weighted by Crippen LogP contribution is 2.20. The fraction of sp³-hybridized carbons (Fsp3) is 0.0714. The predicted octanol–water partition coefficient (Wildman–Crippen LogP) is 1.32. The van der Waals surface area contributed by atoms with E-state index in [-0.39, 0.29) is 11.6 Å². The number of benzene rings is 1. The zero-order chi connectivity index (χ0) is 14.7. The SMILES string of the molecule is Cc1ccc(N)c(NC(=O)c2ccc(C(N)=O)nc2)c1. The minimum absolute atomic E-state index is 0.108. The zero-order valence-electron chi connectivity index (χ0n) is 10.9. The van der Waals surface area contributed by atoms with Crippen LogP contribution < -0.4 is 16.8 Å². The first-order chi connectivity index (χ1) is 9.47. The van der Waals surface area contributed by atoms with Crippen LogP contribution in [0.25, 0.3) is 0 Å². The molecular weight excluding hydrogens is 256 g/mol. The van der Waals surface area contributed by atoms with Gasteiger partial charge in [0.1, 0.15) is 5.69 Å². The van der Waals surface area contributed by atoms with Gasteiger partial charge >= 0.3 is 0 Å². The number of amides is 2. The zero-order valence-corrected chi connectivity index (χ0v) is 10.9. The van der Waals surface area contributed by atoms with E-state index in [0.717, 1.165) is 5.56 Å². The standard InChI is InChI=1S/C14H14N4O2/c1-8-2-4-10(15)12(6-8)18-14(20)9-3-5-11(13(16)19)17-7-9/h2-7H,15H2,1H3,(H2,16,19)(H,18,20). The summed E-state index contributed by atoms with van der Waals surface area (Å²) in [5.41, 5.74) is 13.3. The number of hydrogen-bond acceptors (Lipinski definition) is 4. The van der Waals surface area contributed by atoms with Gasteiger partial charge in [0.2, 0.25) is 0 Å². The molecule has 5 N–H and O–H groups in total. The fourth-order valence-corrected chi connectivity index (χ4v) is 1.65. The Balaban J connectivity index is 2.19. The van der Waals surface area contributed by atoms with Crippen LogP contribution in [-0.2, 0) is 0 Å². The summed E-state index contributed by atoms with van der Waals surface area (Å²) < 4.78 is 0. The maximum Gasteiger partial charge on any atom is 0.267 e. The minimum atomic E-state index is -0.639. The lowest BCUT2D eigenvalue weighted by Crippen LogP contribution is -2.16. The van der Waals surface area contributed by atoms with Crippen LogP contribution in [0.15, 0.2) is 36.5 Å². The monoisotopic (exact) mass is 270 g/mol. The molecule has 2 rings (SSSR count). The molecule has 0 saturated carbocycles. The topological polar surface area (TPSA) is 111 Å². The summed E-state index contributed by atoms with van der Waals surface area (Å²) in [5.74, 6) is -0.995. The average molecular weight is 270 g/mol. The number of pyridine rings is 1. The van der Waals surface area contributed by atoms with Gasteiger partial charge < -0.3 is 16.8 Å². The molecule has 1 aromatic carbocycles. The van der Waals surface area contributed by atoms with Crippen LogP contribution in [0.2, 0.25) is 0 Å². The fourth-order valence-electron chi connectivity index (χ4n) is 1.65. The number of rotatable bonds is 3. The molecule has 0 radical (unpaired) electrons. The Bertz CT molecular complexity index is 665. The number of carbonyl (C=O) groups excluding carboxylic acids is 2. The van der Waals surface area contributed by atoms with E-state index in [2.05, 4.69) is 10.3 Å². The van der Waals surface area contributed by atoms with Gasteiger partial charge in [-0.25, -0.2) is 0 Å². The molecule has 2 aromatic rings. The van der Waals surface area contributed by atoms with Gasteiger partial charge in [-0.05, 0) is 36.8 Å². The first-order valence-electron chi connectivity index (χ1n) is 5.90. The molecule has 0 aliphatic heterocycles. The van der Waals surface area contributed by atoms with Crippen LogP contribution in [0.5, 0.6) is 0 Å². The lowest BCUT2D eigenvalue weighted by atomic mass is 10.2. The molecule has 0 fully saturated rings.